The number of carbonyl (C=O) groups excluding carboxylic acids is 1. The van der Waals surface area contributed by atoms with Gasteiger partial charge in [-0.1, -0.05) is 20.8 Å². The van der Waals surface area contributed by atoms with E-state index in [2.05, 4.69) is 21.2 Å². The Bertz CT molecular complexity index is 502. The highest BCUT2D eigenvalue weighted by Gasteiger charge is 2.23. The van der Waals surface area contributed by atoms with Gasteiger partial charge in [-0.25, -0.2) is 0 Å². The fourth-order valence-electron chi connectivity index (χ4n) is 1.31. The fourth-order valence-corrected chi connectivity index (χ4v) is 4.00. The van der Waals surface area contributed by atoms with Crippen molar-refractivity contribution in [1.82, 2.24) is 0 Å². The van der Waals surface area contributed by atoms with Crippen LogP contribution >= 0.6 is 34.9 Å². The summed E-state index contributed by atoms with van der Waals surface area (Å²) < 4.78 is 11.6. The Morgan fingerprint density at radius 3 is 2.44 bits per heavy atom. The summed E-state index contributed by atoms with van der Waals surface area (Å²) in [6.45, 7) is 6.13. The predicted octanol–water partition coefficient (Wildman–Crippen LogP) is 2.92. The first-order valence-electron chi connectivity index (χ1n) is 5.13. The van der Waals surface area contributed by atoms with Crippen LogP contribution < -0.4 is 5.32 Å². The van der Waals surface area contributed by atoms with Crippen LogP contribution in [0.2, 0.25) is 0 Å². The van der Waals surface area contributed by atoms with E-state index in [1.165, 1.54) is 11.3 Å². The monoisotopic (exact) mass is 355 g/mol. The van der Waals surface area contributed by atoms with Crippen molar-refractivity contribution in [2.45, 2.75) is 26.2 Å². The Balaban J connectivity index is 2.82. The molecule has 3 N–H and O–H groups in total. The molecule has 0 radical (unpaired) electrons. The van der Waals surface area contributed by atoms with Crippen molar-refractivity contribution in [3.63, 3.8) is 0 Å². The lowest BCUT2D eigenvalue weighted by atomic mass is 9.89. The first kappa shape index (κ1) is 15.9. The summed E-state index contributed by atoms with van der Waals surface area (Å²) in [7, 11) is -4.32. The number of hydrogen-bond acceptors (Lipinski definition) is 3. The van der Waals surface area contributed by atoms with Gasteiger partial charge in [0.2, 0.25) is 5.91 Å². The van der Waals surface area contributed by atoms with Crippen molar-refractivity contribution in [2.24, 2.45) is 0 Å². The number of hydrogen-bond donors (Lipinski definition) is 3. The fraction of sp³-hybridized carbons (Fsp3) is 0.500. The summed E-state index contributed by atoms with van der Waals surface area (Å²) in [6.07, 6.45) is -0.798. The molecule has 0 fully saturated rings. The van der Waals surface area contributed by atoms with E-state index in [-0.39, 0.29) is 5.41 Å². The number of rotatable bonds is 3. The maximum Gasteiger partial charge on any atom is 0.334 e. The number of carbonyl (C=O) groups is 1. The average molecular weight is 356 g/mol. The van der Waals surface area contributed by atoms with Gasteiger partial charge in [0.1, 0.15) is 6.16 Å². The van der Waals surface area contributed by atoms with Crippen LogP contribution in [-0.4, -0.2) is 21.9 Å². The number of amides is 1. The number of halogens is 1. The van der Waals surface area contributed by atoms with E-state index in [9.17, 15) is 9.36 Å². The Kier molecular flexibility index (Phi) is 4.78. The van der Waals surface area contributed by atoms with Crippen molar-refractivity contribution < 1.29 is 19.1 Å². The topological polar surface area (TPSA) is 86.6 Å². The van der Waals surface area contributed by atoms with E-state index in [1.807, 2.05) is 26.8 Å². The van der Waals surface area contributed by atoms with Crippen molar-refractivity contribution in [3.05, 3.63) is 15.4 Å². The van der Waals surface area contributed by atoms with Crippen LogP contribution in [0.1, 0.15) is 26.3 Å². The van der Waals surface area contributed by atoms with E-state index in [1.54, 1.807) is 0 Å². The van der Waals surface area contributed by atoms with Crippen LogP contribution in [0, 0.1) is 0 Å². The summed E-state index contributed by atoms with van der Waals surface area (Å²) in [4.78, 5) is 28.8. The normalized spacial score (nSPS) is 12.6. The lowest BCUT2D eigenvalue weighted by Crippen LogP contribution is -2.15. The molecular formula is C10H15BrNO4PS. The zero-order chi connectivity index (χ0) is 14.1. The maximum absolute atomic E-state index is 11.4. The third kappa shape index (κ3) is 4.82. The van der Waals surface area contributed by atoms with Gasteiger partial charge in [-0.2, -0.15) is 0 Å². The summed E-state index contributed by atoms with van der Waals surface area (Å²) in [5.74, 6) is -0.683. The lowest BCUT2D eigenvalue weighted by molar-refractivity contribution is -0.114. The van der Waals surface area contributed by atoms with Gasteiger partial charge in [0, 0.05) is 0 Å². The minimum atomic E-state index is -4.32. The van der Waals surface area contributed by atoms with Gasteiger partial charge in [0.15, 0.2) is 0 Å². The molecule has 8 heteroatoms. The van der Waals surface area contributed by atoms with Crippen molar-refractivity contribution in [3.8, 4) is 0 Å². The van der Waals surface area contributed by atoms with Gasteiger partial charge in [-0.3, -0.25) is 9.36 Å². The molecule has 0 bridgehead atoms. The summed E-state index contributed by atoms with van der Waals surface area (Å²) in [5.41, 5.74) is 0.973. The molecule has 0 aliphatic rings. The third-order valence-electron chi connectivity index (χ3n) is 2.11. The van der Waals surface area contributed by atoms with E-state index in [0.717, 1.165) is 9.35 Å². The van der Waals surface area contributed by atoms with Crippen LogP contribution in [-0.2, 0) is 14.8 Å². The summed E-state index contributed by atoms with van der Waals surface area (Å²) in [5, 5.41) is 3.06. The minimum absolute atomic E-state index is 0.0679. The zero-order valence-corrected chi connectivity index (χ0v) is 13.5. The molecule has 1 amide bonds. The molecule has 0 unspecified atom stereocenters. The largest absolute Gasteiger partial charge is 0.334 e. The first-order chi connectivity index (χ1) is 7.99. The van der Waals surface area contributed by atoms with Crippen LogP contribution in [0.25, 0.3) is 0 Å². The van der Waals surface area contributed by atoms with E-state index in [0.29, 0.717) is 5.00 Å². The van der Waals surface area contributed by atoms with Gasteiger partial charge in [-0.15, -0.1) is 11.3 Å². The molecule has 0 aliphatic heterocycles. The molecule has 1 aromatic heterocycles. The molecule has 5 nitrogen and oxygen atoms in total. The van der Waals surface area contributed by atoms with Crippen LogP contribution in [0.5, 0.6) is 0 Å². The molecule has 1 heterocycles. The predicted molar refractivity (Wildman–Crippen MR) is 76.3 cm³/mol. The highest BCUT2D eigenvalue weighted by molar-refractivity contribution is 9.11. The zero-order valence-electron chi connectivity index (χ0n) is 10.2. The van der Waals surface area contributed by atoms with Gasteiger partial charge in [0.25, 0.3) is 0 Å². The lowest BCUT2D eigenvalue weighted by Gasteiger charge is -2.17. The maximum atomic E-state index is 11.4. The molecule has 102 valence electrons. The molecule has 0 saturated heterocycles. The minimum Gasteiger partial charge on any atom is -0.324 e. The summed E-state index contributed by atoms with van der Waals surface area (Å²) >= 11 is 4.75. The molecular weight excluding hydrogens is 341 g/mol. The second kappa shape index (κ2) is 5.43. The Morgan fingerprint density at radius 2 is 2.06 bits per heavy atom. The van der Waals surface area contributed by atoms with Crippen LogP contribution in [0.4, 0.5) is 5.00 Å². The van der Waals surface area contributed by atoms with Crippen molar-refractivity contribution in [2.75, 3.05) is 11.5 Å². The van der Waals surface area contributed by atoms with Crippen LogP contribution in [0.3, 0.4) is 0 Å². The molecule has 0 aromatic carbocycles. The number of nitrogens with one attached hydrogen (secondary N) is 1. The molecule has 0 atom stereocenters. The van der Waals surface area contributed by atoms with Crippen molar-refractivity contribution >= 4 is 45.8 Å². The van der Waals surface area contributed by atoms with Gasteiger partial charge in [-0.05, 0) is 33.0 Å². The Labute approximate surface area is 118 Å². The SMILES string of the molecule is CC(C)(C)c1cc(NC(=O)CP(=O)(O)O)sc1Br. The van der Waals surface area contributed by atoms with Crippen LogP contribution in [0.15, 0.2) is 9.85 Å². The molecule has 18 heavy (non-hydrogen) atoms. The molecule has 1 rings (SSSR count). The highest BCUT2D eigenvalue weighted by atomic mass is 79.9. The standard InChI is InChI=1S/C10H15BrNO4PS/c1-10(2,3)6-4-8(18-9(6)11)12-7(13)5-17(14,15)16/h4H,5H2,1-3H3,(H,12,13)(H2,14,15,16). The number of thiophene rings is 1. The molecule has 1 aromatic rings. The van der Waals surface area contributed by atoms with E-state index >= 15 is 0 Å². The highest BCUT2D eigenvalue weighted by Crippen LogP contribution is 2.39. The molecule has 0 spiro atoms. The third-order valence-corrected chi connectivity index (χ3v) is 4.56. The Hall–Kier alpha value is -0.200. The smallest absolute Gasteiger partial charge is 0.324 e. The Morgan fingerprint density at radius 1 is 1.50 bits per heavy atom. The van der Waals surface area contributed by atoms with Gasteiger partial charge in [0.05, 0.1) is 8.79 Å². The average Bonchev–Trinajstić information content (AvgIpc) is 2.41. The van der Waals surface area contributed by atoms with E-state index < -0.39 is 19.7 Å². The van der Waals surface area contributed by atoms with E-state index in [4.69, 9.17) is 9.79 Å². The number of anilines is 1. The second-order valence-electron chi connectivity index (χ2n) is 4.92. The van der Waals surface area contributed by atoms with Crippen molar-refractivity contribution in [1.29, 1.82) is 0 Å². The first-order valence-corrected chi connectivity index (χ1v) is 8.54. The molecule has 0 aliphatic carbocycles. The van der Waals surface area contributed by atoms with Gasteiger partial charge >= 0.3 is 7.60 Å². The second-order valence-corrected chi connectivity index (χ2v) is 8.93. The summed E-state index contributed by atoms with van der Waals surface area (Å²) in [6, 6.07) is 1.81. The quantitative estimate of drug-likeness (QED) is 0.727. The molecule has 0 saturated carbocycles. The van der Waals surface area contributed by atoms with Gasteiger partial charge < -0.3 is 15.1 Å².